The van der Waals surface area contributed by atoms with Crippen LogP contribution < -0.4 is 16.0 Å². The predicted octanol–water partition coefficient (Wildman–Crippen LogP) is 1.39. The maximum absolute atomic E-state index is 11.9. The summed E-state index contributed by atoms with van der Waals surface area (Å²) in [4.78, 5) is 23.5. The van der Waals surface area contributed by atoms with Crippen LogP contribution in [0.2, 0.25) is 0 Å². The molecule has 0 heterocycles. The second-order valence-corrected chi connectivity index (χ2v) is 4.90. The van der Waals surface area contributed by atoms with Crippen molar-refractivity contribution in [1.29, 1.82) is 0 Å². The van der Waals surface area contributed by atoms with Crippen molar-refractivity contribution < 1.29 is 14.3 Å². The molecule has 3 N–H and O–H groups in total. The van der Waals surface area contributed by atoms with Crippen LogP contribution in [0.5, 0.6) is 0 Å². The van der Waals surface area contributed by atoms with Crippen molar-refractivity contribution >= 4 is 17.5 Å². The predicted molar refractivity (Wildman–Crippen MR) is 87.1 cm³/mol. The van der Waals surface area contributed by atoms with E-state index in [1.165, 1.54) is 0 Å². The first-order chi connectivity index (χ1) is 10.7. The van der Waals surface area contributed by atoms with Gasteiger partial charge in [0.2, 0.25) is 5.91 Å². The molecular formula is C16H25N3O3. The lowest BCUT2D eigenvalue weighted by atomic mass is 10.2. The molecule has 122 valence electrons. The molecule has 6 nitrogen and oxygen atoms in total. The highest BCUT2D eigenvalue weighted by atomic mass is 16.5. The molecule has 2 amide bonds. The molecule has 0 aromatic heterocycles. The first kappa shape index (κ1) is 18.1. The first-order valence-electron chi connectivity index (χ1n) is 7.55. The van der Waals surface area contributed by atoms with Gasteiger partial charge in [-0.3, -0.25) is 9.59 Å². The number of carbonyl (C=O) groups excluding carboxylic acids is 2. The van der Waals surface area contributed by atoms with E-state index in [9.17, 15) is 9.59 Å². The Labute approximate surface area is 131 Å². The molecule has 6 heteroatoms. The van der Waals surface area contributed by atoms with E-state index in [2.05, 4.69) is 16.0 Å². The van der Waals surface area contributed by atoms with Gasteiger partial charge < -0.3 is 20.7 Å². The van der Waals surface area contributed by atoms with Crippen molar-refractivity contribution in [2.45, 2.75) is 19.8 Å². The lowest BCUT2D eigenvalue weighted by molar-refractivity contribution is -0.115. The lowest BCUT2D eigenvalue weighted by Crippen LogP contribution is -2.28. The Morgan fingerprint density at radius 1 is 1.14 bits per heavy atom. The van der Waals surface area contributed by atoms with Gasteiger partial charge in [-0.25, -0.2) is 0 Å². The molecule has 0 saturated heterocycles. The Hall–Kier alpha value is -1.92. The van der Waals surface area contributed by atoms with E-state index < -0.39 is 0 Å². The molecule has 0 radical (unpaired) electrons. The SMILES string of the molecule is CCCNCC(=O)Nc1ccc(C(=O)NCCCOC)cc1. The topological polar surface area (TPSA) is 79.5 Å². The van der Waals surface area contributed by atoms with Crippen LogP contribution in [0.3, 0.4) is 0 Å². The number of nitrogens with one attached hydrogen (secondary N) is 3. The summed E-state index contributed by atoms with van der Waals surface area (Å²) in [6.45, 7) is 4.35. The fourth-order valence-electron chi connectivity index (χ4n) is 1.81. The average Bonchev–Trinajstić information content (AvgIpc) is 2.52. The Morgan fingerprint density at radius 3 is 2.50 bits per heavy atom. The monoisotopic (exact) mass is 307 g/mol. The molecule has 1 aromatic carbocycles. The van der Waals surface area contributed by atoms with Gasteiger partial charge >= 0.3 is 0 Å². The number of benzene rings is 1. The van der Waals surface area contributed by atoms with Gasteiger partial charge in [-0.2, -0.15) is 0 Å². The van der Waals surface area contributed by atoms with E-state index in [4.69, 9.17) is 4.74 Å². The van der Waals surface area contributed by atoms with Gasteiger partial charge in [-0.15, -0.1) is 0 Å². The number of hydrogen-bond donors (Lipinski definition) is 3. The summed E-state index contributed by atoms with van der Waals surface area (Å²) in [6.07, 6.45) is 1.77. The van der Waals surface area contributed by atoms with Gasteiger partial charge in [0.05, 0.1) is 6.54 Å². The molecule has 0 saturated carbocycles. The van der Waals surface area contributed by atoms with Crippen LogP contribution in [-0.2, 0) is 9.53 Å². The molecule has 1 rings (SSSR count). The van der Waals surface area contributed by atoms with E-state index in [1.807, 2.05) is 6.92 Å². The quantitative estimate of drug-likeness (QED) is 0.571. The molecule has 0 fully saturated rings. The Balaban J connectivity index is 2.38. The number of rotatable bonds is 10. The average molecular weight is 307 g/mol. The normalized spacial score (nSPS) is 10.3. The van der Waals surface area contributed by atoms with E-state index in [0.29, 0.717) is 24.4 Å². The third kappa shape index (κ3) is 7.19. The molecular weight excluding hydrogens is 282 g/mol. The van der Waals surface area contributed by atoms with Crippen LogP contribution in [0.15, 0.2) is 24.3 Å². The molecule has 0 aliphatic rings. The maximum atomic E-state index is 11.9. The molecule has 0 bridgehead atoms. The number of methoxy groups -OCH3 is 1. The minimum absolute atomic E-state index is 0.0924. The first-order valence-corrected chi connectivity index (χ1v) is 7.55. The van der Waals surface area contributed by atoms with Gasteiger partial charge in [0.15, 0.2) is 0 Å². The van der Waals surface area contributed by atoms with E-state index in [1.54, 1.807) is 31.4 Å². The highest BCUT2D eigenvalue weighted by Crippen LogP contribution is 2.09. The van der Waals surface area contributed by atoms with Crippen molar-refractivity contribution in [3.63, 3.8) is 0 Å². The lowest BCUT2D eigenvalue weighted by Gasteiger charge is -2.08. The van der Waals surface area contributed by atoms with Crippen molar-refractivity contribution in [2.24, 2.45) is 0 Å². The van der Waals surface area contributed by atoms with Crippen molar-refractivity contribution in [3.8, 4) is 0 Å². The fraction of sp³-hybridized carbons (Fsp3) is 0.500. The zero-order chi connectivity index (χ0) is 16.2. The van der Waals surface area contributed by atoms with Gasteiger partial charge in [-0.05, 0) is 43.7 Å². The highest BCUT2D eigenvalue weighted by Gasteiger charge is 2.06. The van der Waals surface area contributed by atoms with Crippen LogP contribution in [-0.4, -0.2) is 45.2 Å². The van der Waals surface area contributed by atoms with Crippen molar-refractivity contribution in [2.75, 3.05) is 38.7 Å². The standard InChI is InChI=1S/C16H25N3O3/c1-3-9-17-12-15(20)19-14-7-5-13(6-8-14)16(21)18-10-4-11-22-2/h5-8,17H,3-4,9-12H2,1-2H3,(H,18,21)(H,19,20). The third-order valence-corrected chi connectivity index (χ3v) is 2.95. The smallest absolute Gasteiger partial charge is 0.251 e. The highest BCUT2D eigenvalue weighted by molar-refractivity contribution is 5.96. The van der Waals surface area contributed by atoms with Crippen LogP contribution in [0.4, 0.5) is 5.69 Å². The van der Waals surface area contributed by atoms with Gasteiger partial charge in [0, 0.05) is 31.5 Å². The zero-order valence-corrected chi connectivity index (χ0v) is 13.3. The second kappa shape index (κ2) is 10.8. The molecule has 1 aromatic rings. The third-order valence-electron chi connectivity index (χ3n) is 2.95. The summed E-state index contributed by atoms with van der Waals surface area (Å²) >= 11 is 0. The number of hydrogen-bond acceptors (Lipinski definition) is 4. The number of amides is 2. The zero-order valence-electron chi connectivity index (χ0n) is 13.3. The number of carbonyl (C=O) groups is 2. The molecule has 22 heavy (non-hydrogen) atoms. The van der Waals surface area contributed by atoms with Crippen LogP contribution in [0.25, 0.3) is 0 Å². The largest absolute Gasteiger partial charge is 0.385 e. The minimum Gasteiger partial charge on any atom is -0.385 e. The molecule has 0 atom stereocenters. The van der Waals surface area contributed by atoms with Crippen molar-refractivity contribution in [3.05, 3.63) is 29.8 Å². The number of ether oxygens (including phenoxy) is 1. The van der Waals surface area contributed by atoms with Crippen LogP contribution in [0, 0.1) is 0 Å². The summed E-state index contributed by atoms with van der Waals surface area (Å²) < 4.78 is 4.92. The molecule has 0 unspecified atom stereocenters. The summed E-state index contributed by atoms with van der Waals surface area (Å²) in [5.41, 5.74) is 1.25. The Morgan fingerprint density at radius 2 is 1.86 bits per heavy atom. The fourth-order valence-corrected chi connectivity index (χ4v) is 1.81. The summed E-state index contributed by atoms with van der Waals surface area (Å²) in [7, 11) is 1.63. The van der Waals surface area contributed by atoms with Crippen molar-refractivity contribution in [1.82, 2.24) is 10.6 Å². The summed E-state index contributed by atoms with van der Waals surface area (Å²) in [5, 5.41) is 8.62. The second-order valence-electron chi connectivity index (χ2n) is 4.90. The van der Waals surface area contributed by atoms with E-state index in [0.717, 1.165) is 19.4 Å². The summed E-state index contributed by atoms with van der Waals surface area (Å²) in [5.74, 6) is -0.219. The van der Waals surface area contributed by atoms with E-state index in [-0.39, 0.29) is 18.4 Å². The summed E-state index contributed by atoms with van der Waals surface area (Å²) in [6, 6.07) is 6.84. The Kier molecular flexibility index (Phi) is 8.86. The molecule has 0 aliphatic carbocycles. The maximum Gasteiger partial charge on any atom is 0.251 e. The minimum atomic E-state index is -0.126. The Bertz CT molecular complexity index is 460. The van der Waals surface area contributed by atoms with Gasteiger partial charge in [0.25, 0.3) is 5.91 Å². The van der Waals surface area contributed by atoms with Crippen LogP contribution in [0.1, 0.15) is 30.1 Å². The van der Waals surface area contributed by atoms with Gasteiger partial charge in [0.1, 0.15) is 0 Å². The van der Waals surface area contributed by atoms with Gasteiger partial charge in [-0.1, -0.05) is 6.92 Å². The van der Waals surface area contributed by atoms with Crippen LogP contribution >= 0.6 is 0 Å². The molecule has 0 spiro atoms. The number of anilines is 1. The molecule has 0 aliphatic heterocycles. The van der Waals surface area contributed by atoms with E-state index >= 15 is 0 Å².